The molecule has 0 fully saturated rings. The van der Waals surface area contributed by atoms with Gasteiger partial charge in [-0.1, -0.05) is 11.6 Å². The number of rotatable bonds is 5. The summed E-state index contributed by atoms with van der Waals surface area (Å²) in [6.07, 6.45) is -2.53. The van der Waals surface area contributed by atoms with Crippen molar-refractivity contribution in [2.75, 3.05) is 10.6 Å². The first-order valence-electron chi connectivity index (χ1n) is 12.4. The minimum absolute atomic E-state index is 0.463. The molecule has 0 aliphatic heterocycles. The minimum Gasteiger partial charge on any atom is -0.456 e. The normalized spacial score (nSPS) is 11.8. The first-order chi connectivity index (χ1) is 19.0. The van der Waals surface area contributed by atoms with Gasteiger partial charge in [0.1, 0.15) is 16.8 Å². The molecule has 42 heavy (non-hydrogen) atoms. The minimum atomic E-state index is -1.71. The van der Waals surface area contributed by atoms with Crippen molar-refractivity contribution in [1.29, 1.82) is 0 Å². The highest BCUT2D eigenvalue weighted by Gasteiger charge is 2.32. The van der Waals surface area contributed by atoms with Crippen molar-refractivity contribution in [3.8, 4) is 5.75 Å². The Hall–Kier alpha value is -4.00. The average Bonchev–Trinajstić information content (AvgIpc) is 2.76. The van der Waals surface area contributed by atoms with Gasteiger partial charge in [0.05, 0.1) is 27.5 Å². The molecule has 230 valence electrons. The second-order valence-electron chi connectivity index (χ2n) is 11.9. The smallest absolute Gasteiger partial charge is 0.456 e. The average molecular weight is 617 g/mol. The van der Waals surface area contributed by atoms with E-state index in [0.29, 0.717) is 6.07 Å². The van der Waals surface area contributed by atoms with Crippen LogP contribution in [0, 0.1) is 17.5 Å². The van der Waals surface area contributed by atoms with Gasteiger partial charge in [-0.15, -0.1) is 0 Å². The molecule has 0 atom stereocenters. The SMILES string of the molecule is CC(C)(C)OC(=O)Nc1ccc(Cl)c(C(=O)Nc2c(C(=O)OC(C)(C)C)cc(F)c(OC(=O)OC(C)(C)C)c2F)c1F. The maximum Gasteiger partial charge on any atom is 0.514 e. The Bertz CT molecular complexity index is 1410. The lowest BCUT2D eigenvalue weighted by Gasteiger charge is -2.22. The number of esters is 1. The first-order valence-corrected chi connectivity index (χ1v) is 12.8. The van der Waals surface area contributed by atoms with Crippen LogP contribution in [0.15, 0.2) is 18.2 Å². The Morgan fingerprint density at radius 3 is 1.83 bits per heavy atom. The Kier molecular flexibility index (Phi) is 10.2. The van der Waals surface area contributed by atoms with E-state index in [0.717, 1.165) is 12.1 Å². The van der Waals surface area contributed by atoms with Crippen molar-refractivity contribution in [3.05, 3.63) is 51.8 Å². The number of benzene rings is 2. The predicted octanol–water partition coefficient (Wildman–Crippen LogP) is 7.63. The summed E-state index contributed by atoms with van der Waals surface area (Å²) in [7, 11) is 0. The predicted molar refractivity (Wildman–Crippen MR) is 148 cm³/mol. The van der Waals surface area contributed by atoms with Gasteiger partial charge in [0, 0.05) is 0 Å². The number of nitrogens with one attached hydrogen (secondary N) is 2. The molecular weight excluding hydrogens is 585 g/mol. The van der Waals surface area contributed by atoms with Gasteiger partial charge in [0.25, 0.3) is 5.91 Å². The molecule has 14 heteroatoms. The number of hydrogen-bond donors (Lipinski definition) is 2. The van der Waals surface area contributed by atoms with Gasteiger partial charge in [-0.25, -0.2) is 27.6 Å². The van der Waals surface area contributed by atoms with Gasteiger partial charge in [0.2, 0.25) is 5.75 Å². The van der Waals surface area contributed by atoms with E-state index in [-0.39, 0.29) is 0 Å². The Labute approximate surface area is 245 Å². The fourth-order valence-electron chi connectivity index (χ4n) is 3.11. The summed E-state index contributed by atoms with van der Waals surface area (Å²) in [6, 6.07) is 2.58. The van der Waals surface area contributed by atoms with Gasteiger partial charge >= 0.3 is 18.2 Å². The zero-order valence-corrected chi connectivity index (χ0v) is 25.3. The molecule has 2 N–H and O–H groups in total. The molecule has 0 aliphatic rings. The van der Waals surface area contributed by atoms with Crippen LogP contribution in [0.4, 0.5) is 34.1 Å². The summed E-state index contributed by atoms with van der Waals surface area (Å²) < 4.78 is 65.8. The van der Waals surface area contributed by atoms with Crippen LogP contribution in [0.3, 0.4) is 0 Å². The molecule has 2 aromatic rings. The van der Waals surface area contributed by atoms with E-state index in [9.17, 15) is 23.6 Å². The second kappa shape index (κ2) is 12.5. The zero-order chi connectivity index (χ0) is 32.4. The summed E-state index contributed by atoms with van der Waals surface area (Å²) in [6.45, 7) is 13.6. The quantitative estimate of drug-likeness (QED) is 0.199. The molecule has 2 rings (SSSR count). The Balaban J connectivity index is 2.60. The Morgan fingerprint density at radius 1 is 0.762 bits per heavy atom. The maximum absolute atomic E-state index is 15.7. The molecule has 0 unspecified atom stereocenters. The van der Waals surface area contributed by atoms with E-state index >= 15 is 8.78 Å². The largest absolute Gasteiger partial charge is 0.514 e. The second-order valence-corrected chi connectivity index (χ2v) is 12.3. The van der Waals surface area contributed by atoms with Crippen LogP contribution in [-0.2, 0) is 14.2 Å². The van der Waals surface area contributed by atoms with Gasteiger partial charge < -0.3 is 24.3 Å². The van der Waals surface area contributed by atoms with Crippen LogP contribution >= 0.6 is 11.6 Å². The molecule has 0 saturated heterocycles. The van der Waals surface area contributed by atoms with E-state index in [4.69, 9.17) is 25.8 Å². The van der Waals surface area contributed by atoms with Crippen molar-refractivity contribution in [1.82, 2.24) is 0 Å². The van der Waals surface area contributed by atoms with Crippen LogP contribution < -0.4 is 15.4 Å². The highest BCUT2D eigenvalue weighted by Crippen LogP contribution is 2.35. The lowest BCUT2D eigenvalue weighted by atomic mass is 10.1. The van der Waals surface area contributed by atoms with E-state index in [1.165, 1.54) is 41.5 Å². The fraction of sp³-hybridized carbons (Fsp3) is 0.429. The van der Waals surface area contributed by atoms with Crippen molar-refractivity contribution >= 4 is 47.1 Å². The number of ether oxygens (including phenoxy) is 4. The lowest BCUT2D eigenvalue weighted by Crippen LogP contribution is -2.28. The molecule has 2 aromatic carbocycles. The van der Waals surface area contributed by atoms with Gasteiger partial charge in [-0.3, -0.25) is 10.1 Å². The molecule has 0 radical (unpaired) electrons. The molecule has 0 bridgehead atoms. The highest BCUT2D eigenvalue weighted by atomic mass is 35.5. The summed E-state index contributed by atoms with van der Waals surface area (Å²) in [5, 5.41) is 3.64. The Morgan fingerprint density at radius 2 is 1.31 bits per heavy atom. The number of carbonyl (C=O) groups excluding carboxylic acids is 4. The van der Waals surface area contributed by atoms with Gasteiger partial charge in [-0.05, 0) is 80.5 Å². The molecule has 2 amide bonds. The van der Waals surface area contributed by atoms with E-state index in [1.54, 1.807) is 20.8 Å². The van der Waals surface area contributed by atoms with Crippen molar-refractivity contribution in [2.45, 2.75) is 79.1 Å². The van der Waals surface area contributed by atoms with Crippen LogP contribution in [0.25, 0.3) is 0 Å². The van der Waals surface area contributed by atoms with Crippen molar-refractivity contribution in [2.24, 2.45) is 0 Å². The van der Waals surface area contributed by atoms with Crippen LogP contribution in [-0.4, -0.2) is 40.9 Å². The topological polar surface area (TPSA) is 129 Å². The molecular formula is C28H32ClF3N2O8. The lowest BCUT2D eigenvalue weighted by molar-refractivity contribution is 0.00694. The zero-order valence-electron chi connectivity index (χ0n) is 24.5. The molecule has 0 spiro atoms. The van der Waals surface area contributed by atoms with Gasteiger partial charge in [-0.2, -0.15) is 0 Å². The number of carbonyl (C=O) groups is 4. The van der Waals surface area contributed by atoms with Crippen LogP contribution in [0.1, 0.15) is 83.0 Å². The van der Waals surface area contributed by atoms with E-state index in [2.05, 4.69) is 10.1 Å². The monoisotopic (exact) mass is 616 g/mol. The van der Waals surface area contributed by atoms with E-state index in [1.807, 2.05) is 5.32 Å². The summed E-state index contributed by atoms with van der Waals surface area (Å²) in [5.41, 5.74) is -6.39. The maximum atomic E-state index is 15.7. The number of amides is 2. The molecule has 0 saturated carbocycles. The third-order valence-corrected chi connectivity index (χ3v) is 4.88. The fourth-order valence-corrected chi connectivity index (χ4v) is 3.34. The van der Waals surface area contributed by atoms with Crippen molar-refractivity contribution in [3.63, 3.8) is 0 Å². The molecule has 0 aliphatic carbocycles. The van der Waals surface area contributed by atoms with Crippen LogP contribution in [0.2, 0.25) is 5.02 Å². The van der Waals surface area contributed by atoms with Crippen molar-refractivity contribution < 1.29 is 51.3 Å². The molecule has 0 heterocycles. The van der Waals surface area contributed by atoms with E-state index < -0.39 is 91.7 Å². The number of anilines is 2. The van der Waals surface area contributed by atoms with Crippen LogP contribution in [0.5, 0.6) is 5.75 Å². The summed E-state index contributed by atoms with van der Waals surface area (Å²) in [5.74, 6) is -8.56. The summed E-state index contributed by atoms with van der Waals surface area (Å²) >= 11 is 6.05. The standard InChI is InChI=1S/C28H32ClF3N2O8/c1-26(2,3)40-23(36)13-12-15(30)21(39-25(38)42-28(7,8)9)19(32)20(13)34-22(35)17-14(29)10-11-16(18(17)31)33-24(37)41-27(4,5)6/h10-12H,1-9H3,(H,33,37)(H,34,35). The number of halogens is 4. The number of hydrogen-bond acceptors (Lipinski definition) is 8. The highest BCUT2D eigenvalue weighted by molar-refractivity contribution is 6.34. The van der Waals surface area contributed by atoms with Gasteiger partial charge in [0.15, 0.2) is 17.5 Å². The molecule has 10 nitrogen and oxygen atoms in total. The molecule has 0 aromatic heterocycles. The third kappa shape index (κ3) is 9.54. The third-order valence-electron chi connectivity index (χ3n) is 4.56. The summed E-state index contributed by atoms with van der Waals surface area (Å²) in [4.78, 5) is 50.3. The first kappa shape index (κ1) is 34.2.